The topological polar surface area (TPSA) is 83.9 Å². The highest BCUT2D eigenvalue weighted by molar-refractivity contribution is 7.95. The monoisotopic (exact) mass is 491 g/mol. The van der Waals surface area contributed by atoms with Crippen LogP contribution in [0.25, 0.3) is 0 Å². The Kier molecular flexibility index (Phi) is 6.98. The molecule has 0 aromatic heterocycles. The highest BCUT2D eigenvalue weighted by Gasteiger charge is 2.47. The van der Waals surface area contributed by atoms with E-state index in [1.54, 1.807) is 66.7 Å². The molecule has 1 aliphatic heterocycles. The van der Waals surface area contributed by atoms with E-state index in [0.29, 0.717) is 29.5 Å². The largest absolute Gasteiger partial charge is 0.502 e. The maximum Gasteiger partial charge on any atom is 0.295 e. The molecule has 1 unspecified atom stereocenters. The van der Waals surface area contributed by atoms with Gasteiger partial charge in [0.25, 0.3) is 5.91 Å². The van der Waals surface area contributed by atoms with Crippen LogP contribution in [0.3, 0.4) is 0 Å². The van der Waals surface area contributed by atoms with Crippen LogP contribution in [0.2, 0.25) is 0 Å². The number of nitrogens with zero attached hydrogens (tertiary/aromatic N) is 1. The summed E-state index contributed by atoms with van der Waals surface area (Å²) in [7, 11) is -4.19. The Hall–Kier alpha value is -3.58. The number of aliphatic hydroxyl groups is 1. The highest BCUT2D eigenvalue weighted by atomic mass is 32.2. The van der Waals surface area contributed by atoms with Crippen molar-refractivity contribution < 1.29 is 23.1 Å². The lowest BCUT2D eigenvalue weighted by Gasteiger charge is -2.27. The van der Waals surface area contributed by atoms with Crippen molar-refractivity contribution in [3.8, 4) is 5.75 Å². The maximum absolute atomic E-state index is 13.8. The molecule has 0 spiro atoms. The van der Waals surface area contributed by atoms with Crippen LogP contribution in [0.5, 0.6) is 5.75 Å². The molecule has 6 nitrogen and oxygen atoms in total. The molecule has 3 aromatic rings. The number of carbonyl (C=O) groups excluding carboxylic acids is 1. The number of benzene rings is 3. The summed E-state index contributed by atoms with van der Waals surface area (Å²) in [4.78, 5) is 14.3. The van der Waals surface area contributed by atoms with Gasteiger partial charge in [-0.15, -0.1) is 0 Å². The molecule has 1 heterocycles. The lowest BCUT2D eigenvalue weighted by molar-refractivity contribution is -0.117. The Balaban J connectivity index is 1.84. The van der Waals surface area contributed by atoms with Gasteiger partial charge in [0.15, 0.2) is 5.76 Å². The molecule has 1 amide bonds. The lowest BCUT2D eigenvalue weighted by atomic mass is 10.1. The van der Waals surface area contributed by atoms with Gasteiger partial charge in [-0.05, 0) is 61.2 Å². The Morgan fingerprint density at radius 2 is 1.66 bits per heavy atom. The third kappa shape index (κ3) is 4.95. The van der Waals surface area contributed by atoms with Crippen LogP contribution in [0.1, 0.15) is 37.4 Å². The number of aryl methyl sites for hydroxylation is 1. The third-order valence-corrected chi connectivity index (χ3v) is 7.84. The van der Waals surface area contributed by atoms with Crippen molar-refractivity contribution >= 4 is 21.4 Å². The van der Waals surface area contributed by atoms with Crippen LogP contribution in [0.15, 0.2) is 94.4 Å². The standard InChI is InChI=1S/C28H29NO5S/c1-19(2)16-17-34-23-11-7-8-21(18-23)25-27(35(32,33)24-14-12-20(3)13-15-24)26(30)28(31)29(25)22-9-5-4-6-10-22/h4-15,18-19,25,30H,16-17H2,1-3H3. The fourth-order valence-electron chi connectivity index (χ4n) is 4.04. The first kappa shape index (κ1) is 24.5. The van der Waals surface area contributed by atoms with Gasteiger partial charge in [-0.3, -0.25) is 9.69 Å². The molecule has 4 rings (SSSR count). The number of anilines is 1. The molecule has 0 saturated heterocycles. The van der Waals surface area contributed by atoms with Gasteiger partial charge in [0.2, 0.25) is 9.84 Å². The summed E-state index contributed by atoms with van der Waals surface area (Å²) in [5.74, 6) is -0.490. The van der Waals surface area contributed by atoms with Crippen LogP contribution < -0.4 is 9.64 Å². The summed E-state index contributed by atoms with van der Waals surface area (Å²) < 4.78 is 33.4. The van der Waals surface area contributed by atoms with Gasteiger partial charge in [0.1, 0.15) is 16.7 Å². The first-order valence-electron chi connectivity index (χ1n) is 11.6. The van der Waals surface area contributed by atoms with E-state index >= 15 is 0 Å². The zero-order valence-corrected chi connectivity index (χ0v) is 20.8. The van der Waals surface area contributed by atoms with Gasteiger partial charge in [-0.2, -0.15) is 0 Å². The second-order valence-corrected chi connectivity index (χ2v) is 11.0. The zero-order valence-electron chi connectivity index (χ0n) is 20.0. The van der Waals surface area contributed by atoms with Gasteiger partial charge < -0.3 is 9.84 Å². The van der Waals surface area contributed by atoms with Crippen molar-refractivity contribution in [3.05, 3.63) is 101 Å². The van der Waals surface area contributed by atoms with E-state index in [9.17, 15) is 18.3 Å². The number of aliphatic hydroxyl groups excluding tert-OH is 1. The van der Waals surface area contributed by atoms with E-state index in [1.807, 2.05) is 6.92 Å². The number of hydrogen-bond acceptors (Lipinski definition) is 5. The predicted octanol–water partition coefficient (Wildman–Crippen LogP) is 5.75. The molecule has 1 aliphatic rings. The normalized spacial score (nSPS) is 16.3. The van der Waals surface area contributed by atoms with Crippen LogP contribution in [-0.4, -0.2) is 26.0 Å². The molecule has 35 heavy (non-hydrogen) atoms. The van der Waals surface area contributed by atoms with E-state index in [2.05, 4.69) is 13.8 Å². The van der Waals surface area contributed by atoms with Gasteiger partial charge in [0.05, 0.1) is 11.5 Å². The van der Waals surface area contributed by atoms with Crippen molar-refractivity contribution in [2.75, 3.05) is 11.5 Å². The van der Waals surface area contributed by atoms with E-state index in [0.717, 1.165) is 12.0 Å². The second-order valence-electron chi connectivity index (χ2n) is 9.05. The first-order valence-corrected chi connectivity index (χ1v) is 13.0. The summed E-state index contributed by atoms with van der Waals surface area (Å²) in [6, 6.07) is 21.1. The molecular formula is C28H29NO5S. The summed E-state index contributed by atoms with van der Waals surface area (Å²) >= 11 is 0. The molecule has 182 valence electrons. The van der Waals surface area contributed by atoms with E-state index in [1.165, 1.54) is 17.0 Å². The highest BCUT2D eigenvalue weighted by Crippen LogP contribution is 2.45. The van der Waals surface area contributed by atoms with Gasteiger partial charge >= 0.3 is 0 Å². The zero-order chi connectivity index (χ0) is 25.2. The third-order valence-electron chi connectivity index (χ3n) is 5.95. The number of ether oxygens (including phenoxy) is 1. The summed E-state index contributed by atoms with van der Waals surface area (Å²) in [5, 5.41) is 10.9. The predicted molar refractivity (Wildman–Crippen MR) is 136 cm³/mol. The number of amides is 1. The first-order chi connectivity index (χ1) is 16.7. The van der Waals surface area contributed by atoms with Crippen LogP contribution in [0, 0.1) is 12.8 Å². The van der Waals surface area contributed by atoms with Gasteiger partial charge in [-0.1, -0.05) is 61.9 Å². The van der Waals surface area contributed by atoms with Crippen molar-refractivity contribution in [2.45, 2.75) is 38.1 Å². The Labute approximate surface area is 206 Å². The van der Waals surface area contributed by atoms with Crippen molar-refractivity contribution in [3.63, 3.8) is 0 Å². The summed E-state index contributed by atoms with van der Waals surface area (Å²) in [6.45, 7) is 6.59. The SMILES string of the molecule is Cc1ccc(S(=O)(=O)C2=C(O)C(=O)N(c3ccccc3)C2c2cccc(OCCC(C)C)c2)cc1. The molecule has 0 saturated carbocycles. The maximum atomic E-state index is 13.8. The van der Waals surface area contributed by atoms with E-state index < -0.39 is 27.5 Å². The minimum absolute atomic E-state index is 0.0155. The molecular weight excluding hydrogens is 462 g/mol. The molecule has 3 aromatic carbocycles. The molecule has 0 bridgehead atoms. The van der Waals surface area contributed by atoms with Gasteiger partial charge in [0, 0.05) is 5.69 Å². The molecule has 0 fully saturated rings. The van der Waals surface area contributed by atoms with Crippen molar-refractivity contribution in [1.29, 1.82) is 0 Å². The fraction of sp³-hybridized carbons (Fsp3) is 0.250. The Bertz CT molecular complexity index is 1350. The minimum atomic E-state index is -4.19. The summed E-state index contributed by atoms with van der Waals surface area (Å²) in [5.41, 5.74) is 1.91. The van der Waals surface area contributed by atoms with Crippen molar-refractivity contribution in [2.24, 2.45) is 5.92 Å². The summed E-state index contributed by atoms with van der Waals surface area (Å²) in [6.07, 6.45) is 0.871. The van der Waals surface area contributed by atoms with E-state index in [4.69, 9.17) is 4.74 Å². The lowest BCUT2D eigenvalue weighted by Crippen LogP contribution is -2.31. The second kappa shape index (κ2) is 9.96. The smallest absolute Gasteiger partial charge is 0.295 e. The molecule has 1 N–H and O–H groups in total. The average molecular weight is 492 g/mol. The fourth-order valence-corrected chi connectivity index (χ4v) is 5.67. The number of rotatable bonds is 8. The van der Waals surface area contributed by atoms with Crippen LogP contribution in [0.4, 0.5) is 5.69 Å². The molecule has 7 heteroatoms. The Morgan fingerprint density at radius 3 is 2.31 bits per heavy atom. The average Bonchev–Trinajstić information content (AvgIpc) is 3.11. The number of para-hydroxylation sites is 1. The molecule has 0 radical (unpaired) electrons. The Morgan fingerprint density at radius 1 is 0.971 bits per heavy atom. The number of hydrogen-bond donors (Lipinski definition) is 1. The van der Waals surface area contributed by atoms with E-state index in [-0.39, 0.29) is 9.80 Å². The number of carbonyl (C=O) groups is 1. The molecule has 0 aliphatic carbocycles. The quantitative estimate of drug-likeness (QED) is 0.434. The van der Waals surface area contributed by atoms with Crippen LogP contribution in [-0.2, 0) is 14.6 Å². The number of sulfone groups is 1. The molecule has 1 atom stereocenters. The van der Waals surface area contributed by atoms with Crippen molar-refractivity contribution in [1.82, 2.24) is 0 Å². The van der Waals surface area contributed by atoms with Crippen LogP contribution >= 0.6 is 0 Å². The minimum Gasteiger partial charge on any atom is -0.502 e. The van der Waals surface area contributed by atoms with Gasteiger partial charge in [-0.25, -0.2) is 8.42 Å².